The van der Waals surface area contributed by atoms with E-state index in [1.165, 1.54) is 12.1 Å². The molecule has 4 heteroatoms. The molecule has 1 N–H and O–H groups in total. The summed E-state index contributed by atoms with van der Waals surface area (Å²) in [5.41, 5.74) is 1.81. The molecule has 1 heterocycles. The second kappa shape index (κ2) is 6.92. The van der Waals surface area contributed by atoms with Crippen LogP contribution in [0.4, 0.5) is 4.39 Å². The summed E-state index contributed by atoms with van der Waals surface area (Å²) in [6, 6.07) is 14.2. The molecule has 0 fully saturated rings. The average molecular weight is 334 g/mol. The van der Waals surface area contributed by atoms with Crippen molar-refractivity contribution < 1.29 is 9.50 Å². The van der Waals surface area contributed by atoms with Crippen molar-refractivity contribution in [2.75, 3.05) is 0 Å². The molecule has 3 rings (SSSR count). The number of nitrogens with zero attached hydrogens (tertiary/aromatic N) is 2. The maximum absolute atomic E-state index is 13.0. The normalized spacial score (nSPS) is 11.0. The van der Waals surface area contributed by atoms with E-state index in [0.717, 1.165) is 22.5 Å². The fraction of sp³-hybridized carbons (Fsp3) is 0.190. The topological polar surface area (TPSA) is 38.1 Å². The van der Waals surface area contributed by atoms with E-state index in [1.807, 2.05) is 35.0 Å². The zero-order chi connectivity index (χ0) is 17.9. The van der Waals surface area contributed by atoms with E-state index >= 15 is 0 Å². The van der Waals surface area contributed by atoms with Gasteiger partial charge in [-0.2, -0.15) is 0 Å². The quantitative estimate of drug-likeness (QED) is 0.739. The number of aromatic nitrogens is 2. The van der Waals surface area contributed by atoms with Crippen LogP contribution in [0.15, 0.2) is 60.9 Å². The predicted octanol–water partition coefficient (Wildman–Crippen LogP) is 3.86. The van der Waals surface area contributed by atoms with Gasteiger partial charge in [0.05, 0.1) is 0 Å². The van der Waals surface area contributed by atoms with Crippen LogP contribution in [0.5, 0.6) is 0 Å². The molecule has 0 saturated carbocycles. The highest BCUT2D eigenvalue weighted by Crippen LogP contribution is 2.19. The minimum Gasteiger partial charge on any atom is -0.378 e. The van der Waals surface area contributed by atoms with Gasteiger partial charge in [-0.1, -0.05) is 36.1 Å². The summed E-state index contributed by atoms with van der Waals surface area (Å²) in [6.07, 6.45) is 3.65. The van der Waals surface area contributed by atoms with E-state index in [4.69, 9.17) is 0 Å². The maximum atomic E-state index is 13.0. The molecule has 3 aromatic rings. The van der Waals surface area contributed by atoms with E-state index in [1.54, 1.807) is 32.2 Å². The molecule has 0 unspecified atom stereocenters. The summed E-state index contributed by atoms with van der Waals surface area (Å²) >= 11 is 0. The molecule has 3 nitrogen and oxygen atoms in total. The van der Waals surface area contributed by atoms with Crippen molar-refractivity contribution in [2.45, 2.75) is 26.0 Å². The molecule has 0 spiro atoms. The van der Waals surface area contributed by atoms with E-state index < -0.39 is 5.60 Å². The first-order valence-corrected chi connectivity index (χ1v) is 8.02. The Morgan fingerprint density at radius 2 is 1.76 bits per heavy atom. The van der Waals surface area contributed by atoms with Gasteiger partial charge in [0, 0.05) is 30.1 Å². The largest absolute Gasteiger partial charge is 0.378 e. The Morgan fingerprint density at radius 3 is 2.40 bits per heavy atom. The summed E-state index contributed by atoms with van der Waals surface area (Å²) in [5, 5.41) is 9.67. The SMILES string of the molecule is CC(C)(O)C#Cc1ccc(-c2nccn2Cc2ccc(F)cc2)cc1. The third-order valence-corrected chi connectivity index (χ3v) is 3.64. The van der Waals surface area contributed by atoms with Crippen LogP contribution in [-0.2, 0) is 6.54 Å². The molecule has 1 aromatic heterocycles. The monoisotopic (exact) mass is 334 g/mol. The molecule has 0 aliphatic heterocycles. The van der Waals surface area contributed by atoms with Gasteiger partial charge in [-0.05, 0) is 43.7 Å². The van der Waals surface area contributed by atoms with Crippen molar-refractivity contribution in [3.63, 3.8) is 0 Å². The number of imidazole rings is 1. The molecule has 25 heavy (non-hydrogen) atoms. The van der Waals surface area contributed by atoms with Gasteiger partial charge < -0.3 is 9.67 Å². The number of hydrogen-bond donors (Lipinski definition) is 1. The van der Waals surface area contributed by atoms with Gasteiger partial charge in [-0.3, -0.25) is 0 Å². The van der Waals surface area contributed by atoms with Crippen molar-refractivity contribution in [1.29, 1.82) is 0 Å². The molecule has 126 valence electrons. The van der Waals surface area contributed by atoms with Gasteiger partial charge in [-0.25, -0.2) is 9.37 Å². The number of benzene rings is 2. The van der Waals surface area contributed by atoms with Crippen LogP contribution < -0.4 is 0 Å². The van der Waals surface area contributed by atoms with Crippen molar-refractivity contribution >= 4 is 0 Å². The number of hydrogen-bond acceptors (Lipinski definition) is 2. The Labute approximate surface area is 146 Å². The van der Waals surface area contributed by atoms with Crippen LogP contribution in [0, 0.1) is 17.7 Å². The second-order valence-corrected chi connectivity index (χ2v) is 6.39. The van der Waals surface area contributed by atoms with Gasteiger partial charge in [0.15, 0.2) is 0 Å². The van der Waals surface area contributed by atoms with Crippen molar-refractivity contribution in [2.24, 2.45) is 0 Å². The van der Waals surface area contributed by atoms with Gasteiger partial charge in [-0.15, -0.1) is 0 Å². The first-order chi connectivity index (χ1) is 11.9. The molecule has 2 aromatic carbocycles. The summed E-state index contributed by atoms with van der Waals surface area (Å²) < 4.78 is 15.1. The van der Waals surface area contributed by atoms with E-state index in [-0.39, 0.29) is 5.82 Å². The average Bonchev–Trinajstić information content (AvgIpc) is 3.03. The van der Waals surface area contributed by atoms with Crippen LogP contribution in [0.25, 0.3) is 11.4 Å². The molecule has 0 atom stereocenters. The Kier molecular flexibility index (Phi) is 4.69. The molecule has 0 saturated heterocycles. The lowest BCUT2D eigenvalue weighted by atomic mass is 10.1. The maximum Gasteiger partial charge on any atom is 0.140 e. The smallest absolute Gasteiger partial charge is 0.140 e. The highest BCUT2D eigenvalue weighted by atomic mass is 19.1. The van der Waals surface area contributed by atoms with Gasteiger partial charge in [0.2, 0.25) is 0 Å². The Bertz CT molecular complexity index is 908. The predicted molar refractivity (Wildman–Crippen MR) is 96.3 cm³/mol. The standard InChI is InChI=1S/C21H19FN2O/c1-21(2,25)12-11-16-3-7-18(8-4-16)20-23-13-14-24(20)15-17-5-9-19(22)10-6-17/h3-10,13-14,25H,15H2,1-2H3. The fourth-order valence-electron chi connectivity index (χ4n) is 2.41. The van der Waals surface area contributed by atoms with E-state index in [0.29, 0.717) is 6.54 Å². The Hall–Kier alpha value is -2.90. The molecule has 0 radical (unpaired) electrons. The second-order valence-electron chi connectivity index (χ2n) is 6.39. The van der Waals surface area contributed by atoms with Gasteiger partial charge >= 0.3 is 0 Å². The molecule has 0 aliphatic rings. The minimum atomic E-state index is -1.01. The zero-order valence-corrected chi connectivity index (χ0v) is 14.2. The summed E-state index contributed by atoms with van der Waals surface area (Å²) in [7, 11) is 0. The third kappa shape index (κ3) is 4.56. The van der Waals surface area contributed by atoms with Crippen molar-refractivity contribution in [3.05, 3.63) is 77.9 Å². The zero-order valence-electron chi connectivity index (χ0n) is 14.2. The number of aliphatic hydroxyl groups is 1. The molecular weight excluding hydrogens is 315 g/mol. The lowest BCUT2D eigenvalue weighted by Gasteiger charge is -2.09. The minimum absolute atomic E-state index is 0.239. The Balaban J connectivity index is 1.82. The number of halogens is 1. The van der Waals surface area contributed by atoms with Crippen molar-refractivity contribution in [1.82, 2.24) is 9.55 Å². The summed E-state index contributed by atoms with van der Waals surface area (Å²) in [5.74, 6) is 6.35. The summed E-state index contributed by atoms with van der Waals surface area (Å²) in [4.78, 5) is 4.43. The number of rotatable bonds is 3. The van der Waals surface area contributed by atoms with E-state index in [2.05, 4.69) is 16.8 Å². The fourth-order valence-corrected chi connectivity index (χ4v) is 2.41. The highest BCUT2D eigenvalue weighted by Gasteiger charge is 2.08. The first kappa shape index (κ1) is 16.9. The van der Waals surface area contributed by atoms with Crippen LogP contribution in [0.2, 0.25) is 0 Å². The highest BCUT2D eigenvalue weighted by molar-refractivity contribution is 5.57. The summed E-state index contributed by atoms with van der Waals surface area (Å²) in [6.45, 7) is 3.93. The first-order valence-electron chi connectivity index (χ1n) is 8.02. The molecule has 0 amide bonds. The molecular formula is C21H19FN2O. The lowest BCUT2D eigenvalue weighted by molar-refractivity contribution is 0.143. The van der Waals surface area contributed by atoms with Crippen molar-refractivity contribution in [3.8, 4) is 23.2 Å². The van der Waals surface area contributed by atoms with Crippen LogP contribution in [0.1, 0.15) is 25.0 Å². The molecule has 0 bridgehead atoms. The van der Waals surface area contributed by atoms with Crippen LogP contribution in [-0.4, -0.2) is 20.3 Å². The molecule has 0 aliphatic carbocycles. The van der Waals surface area contributed by atoms with E-state index in [9.17, 15) is 9.50 Å². The van der Waals surface area contributed by atoms with Gasteiger partial charge in [0.25, 0.3) is 0 Å². The lowest BCUT2D eigenvalue weighted by Crippen LogP contribution is -2.14. The Morgan fingerprint density at radius 1 is 1.08 bits per heavy atom. The van der Waals surface area contributed by atoms with Gasteiger partial charge in [0.1, 0.15) is 17.2 Å². The van der Waals surface area contributed by atoms with Crippen LogP contribution in [0.3, 0.4) is 0 Å². The third-order valence-electron chi connectivity index (χ3n) is 3.64. The van der Waals surface area contributed by atoms with Crippen LogP contribution >= 0.6 is 0 Å².